The Labute approximate surface area is 118 Å². The summed E-state index contributed by atoms with van der Waals surface area (Å²) in [6.07, 6.45) is 0.870. The van der Waals surface area contributed by atoms with Crippen molar-refractivity contribution in [3.05, 3.63) is 29.8 Å². The van der Waals surface area contributed by atoms with Crippen LogP contribution in [0, 0.1) is 0 Å². The van der Waals surface area contributed by atoms with Gasteiger partial charge < -0.3 is 25.0 Å². The quantitative estimate of drug-likeness (QED) is 0.519. The Balaban J connectivity index is 2.06. The van der Waals surface area contributed by atoms with Crippen LogP contribution >= 0.6 is 0 Å². The largest absolute Gasteiger partial charge is 0.492 e. The van der Waals surface area contributed by atoms with E-state index in [0.717, 1.165) is 13.0 Å². The summed E-state index contributed by atoms with van der Waals surface area (Å²) in [6, 6.07) is 6.42. The molecule has 6 nitrogen and oxygen atoms in total. The molecule has 0 spiro atoms. The van der Waals surface area contributed by atoms with Crippen molar-refractivity contribution in [2.45, 2.75) is 6.42 Å². The van der Waals surface area contributed by atoms with E-state index in [1.165, 1.54) is 12.1 Å². The lowest BCUT2D eigenvalue weighted by Crippen LogP contribution is -2.23. The number of rotatable bonds is 11. The molecule has 0 aliphatic rings. The molecule has 1 aromatic carbocycles. The molecule has 0 aliphatic carbocycles. The summed E-state index contributed by atoms with van der Waals surface area (Å²) in [5.74, 6) is -0.408. The molecule has 0 aliphatic heterocycles. The van der Waals surface area contributed by atoms with Gasteiger partial charge >= 0.3 is 5.97 Å². The van der Waals surface area contributed by atoms with Crippen molar-refractivity contribution in [1.82, 2.24) is 5.32 Å². The van der Waals surface area contributed by atoms with Gasteiger partial charge in [-0.2, -0.15) is 0 Å². The number of aliphatic hydroxyl groups excluding tert-OH is 1. The molecule has 0 amide bonds. The van der Waals surface area contributed by atoms with Gasteiger partial charge in [-0.3, -0.25) is 0 Å². The summed E-state index contributed by atoms with van der Waals surface area (Å²) < 4.78 is 10.6. The smallest absolute Gasteiger partial charge is 0.335 e. The second-order valence-electron chi connectivity index (χ2n) is 4.12. The highest BCUT2D eigenvalue weighted by molar-refractivity contribution is 5.87. The molecule has 0 atom stereocenters. The highest BCUT2D eigenvalue weighted by atomic mass is 16.5. The Morgan fingerprint density at radius 1 is 1.20 bits per heavy atom. The number of carboxylic acids is 1. The summed E-state index contributed by atoms with van der Waals surface area (Å²) in [5.41, 5.74) is 0.219. The first-order valence-corrected chi connectivity index (χ1v) is 6.59. The zero-order chi connectivity index (χ0) is 14.6. The van der Waals surface area contributed by atoms with Crippen LogP contribution in [0.5, 0.6) is 5.75 Å². The number of ether oxygens (including phenoxy) is 2. The van der Waals surface area contributed by atoms with Crippen molar-refractivity contribution in [3.63, 3.8) is 0 Å². The van der Waals surface area contributed by atoms with Gasteiger partial charge in [0.1, 0.15) is 12.4 Å². The molecule has 0 aromatic heterocycles. The van der Waals surface area contributed by atoms with Crippen molar-refractivity contribution >= 4 is 5.97 Å². The molecule has 3 N–H and O–H groups in total. The topological polar surface area (TPSA) is 88.0 Å². The van der Waals surface area contributed by atoms with E-state index in [9.17, 15) is 4.79 Å². The van der Waals surface area contributed by atoms with E-state index in [0.29, 0.717) is 32.1 Å². The molecule has 6 heteroatoms. The lowest BCUT2D eigenvalue weighted by Gasteiger charge is -2.08. The number of carboxylic acid groups (broad SMARTS) is 1. The lowest BCUT2D eigenvalue weighted by molar-refractivity contribution is 0.0696. The summed E-state index contributed by atoms with van der Waals surface area (Å²) in [5, 5.41) is 20.5. The van der Waals surface area contributed by atoms with Gasteiger partial charge in [-0.25, -0.2) is 4.79 Å². The van der Waals surface area contributed by atoms with Gasteiger partial charge in [0.2, 0.25) is 0 Å². The van der Waals surface area contributed by atoms with E-state index in [4.69, 9.17) is 19.7 Å². The van der Waals surface area contributed by atoms with Crippen LogP contribution in [0.1, 0.15) is 16.8 Å². The Morgan fingerprint density at radius 3 is 2.80 bits per heavy atom. The first kappa shape index (κ1) is 16.4. The van der Waals surface area contributed by atoms with E-state index in [1.807, 2.05) is 0 Å². The molecule has 1 rings (SSSR count). The van der Waals surface area contributed by atoms with Gasteiger partial charge in [0.05, 0.1) is 18.8 Å². The van der Waals surface area contributed by atoms with Crippen molar-refractivity contribution in [2.75, 3.05) is 39.5 Å². The average Bonchev–Trinajstić information content (AvgIpc) is 2.46. The molecular formula is C14H21NO5. The maximum absolute atomic E-state index is 10.8. The molecule has 0 saturated heterocycles. The van der Waals surface area contributed by atoms with Gasteiger partial charge in [-0.05, 0) is 31.2 Å². The highest BCUT2D eigenvalue weighted by Crippen LogP contribution is 2.12. The Bertz CT molecular complexity index is 397. The van der Waals surface area contributed by atoms with Crippen molar-refractivity contribution in [1.29, 1.82) is 0 Å². The van der Waals surface area contributed by atoms with E-state index < -0.39 is 5.97 Å². The number of hydrogen-bond acceptors (Lipinski definition) is 5. The third-order valence-electron chi connectivity index (χ3n) is 2.51. The Morgan fingerprint density at radius 2 is 2.05 bits per heavy atom. The monoisotopic (exact) mass is 283 g/mol. The van der Waals surface area contributed by atoms with Gasteiger partial charge in [0, 0.05) is 13.2 Å². The van der Waals surface area contributed by atoms with Crippen LogP contribution < -0.4 is 10.1 Å². The summed E-state index contributed by atoms with van der Waals surface area (Å²) in [7, 11) is 0. The number of nitrogens with one attached hydrogen (secondary N) is 1. The fourth-order valence-electron chi connectivity index (χ4n) is 1.55. The third kappa shape index (κ3) is 7.08. The summed E-state index contributed by atoms with van der Waals surface area (Å²) in [4.78, 5) is 10.8. The number of benzene rings is 1. The first-order chi connectivity index (χ1) is 9.74. The van der Waals surface area contributed by atoms with Crippen LogP contribution in [0.2, 0.25) is 0 Å². The van der Waals surface area contributed by atoms with Crippen molar-refractivity contribution < 1.29 is 24.5 Å². The number of carbonyl (C=O) groups is 1. The minimum atomic E-state index is -0.962. The van der Waals surface area contributed by atoms with Crippen molar-refractivity contribution in [3.8, 4) is 5.75 Å². The van der Waals surface area contributed by atoms with Crippen LogP contribution in [0.4, 0.5) is 0 Å². The van der Waals surface area contributed by atoms with Crippen molar-refractivity contribution in [2.24, 2.45) is 0 Å². The number of hydrogen-bond donors (Lipinski definition) is 3. The second-order valence-corrected chi connectivity index (χ2v) is 4.12. The molecule has 0 fully saturated rings. The molecule has 20 heavy (non-hydrogen) atoms. The van der Waals surface area contributed by atoms with Crippen LogP contribution in [0.15, 0.2) is 24.3 Å². The van der Waals surface area contributed by atoms with Gasteiger partial charge in [0.25, 0.3) is 0 Å². The molecule has 0 saturated carbocycles. The predicted molar refractivity (Wildman–Crippen MR) is 74.3 cm³/mol. The average molecular weight is 283 g/mol. The fraction of sp³-hybridized carbons (Fsp3) is 0.500. The van der Waals surface area contributed by atoms with Gasteiger partial charge in [-0.1, -0.05) is 6.07 Å². The van der Waals surface area contributed by atoms with E-state index in [-0.39, 0.29) is 12.2 Å². The normalized spacial score (nSPS) is 10.4. The molecule has 0 unspecified atom stereocenters. The third-order valence-corrected chi connectivity index (χ3v) is 2.51. The maximum atomic E-state index is 10.8. The minimum Gasteiger partial charge on any atom is -0.492 e. The van der Waals surface area contributed by atoms with Gasteiger partial charge in [0.15, 0.2) is 0 Å². The zero-order valence-corrected chi connectivity index (χ0v) is 11.4. The molecule has 0 radical (unpaired) electrons. The van der Waals surface area contributed by atoms with E-state index in [1.54, 1.807) is 12.1 Å². The predicted octanol–water partition coefficient (Wildman–Crippen LogP) is 0.752. The van der Waals surface area contributed by atoms with Crippen LogP contribution in [0.25, 0.3) is 0 Å². The van der Waals surface area contributed by atoms with E-state index in [2.05, 4.69) is 5.32 Å². The van der Waals surface area contributed by atoms with Gasteiger partial charge in [-0.15, -0.1) is 0 Å². The molecular weight excluding hydrogens is 262 g/mol. The lowest BCUT2D eigenvalue weighted by atomic mass is 10.2. The van der Waals surface area contributed by atoms with Crippen LogP contribution in [0.3, 0.4) is 0 Å². The van der Waals surface area contributed by atoms with E-state index >= 15 is 0 Å². The number of aromatic carboxylic acids is 1. The minimum absolute atomic E-state index is 0.0523. The zero-order valence-electron chi connectivity index (χ0n) is 11.4. The molecule has 112 valence electrons. The standard InChI is InChI=1S/C14H21NO5/c16-7-10-19-8-2-5-15-6-9-20-13-4-1-3-12(11-13)14(17)18/h1,3-4,11,15-16H,2,5-10H2,(H,17,18). The summed E-state index contributed by atoms with van der Waals surface area (Å²) in [6.45, 7) is 3.01. The SMILES string of the molecule is O=C(O)c1cccc(OCCNCCCOCCO)c1. The highest BCUT2D eigenvalue weighted by Gasteiger charge is 2.03. The fourth-order valence-corrected chi connectivity index (χ4v) is 1.55. The first-order valence-electron chi connectivity index (χ1n) is 6.59. The molecule has 0 heterocycles. The van der Waals surface area contributed by atoms with Crippen LogP contribution in [-0.2, 0) is 4.74 Å². The molecule has 1 aromatic rings. The number of aliphatic hydroxyl groups is 1. The Kier molecular flexibility index (Phi) is 8.37. The Hall–Kier alpha value is -1.63. The molecule has 0 bridgehead atoms. The maximum Gasteiger partial charge on any atom is 0.335 e. The summed E-state index contributed by atoms with van der Waals surface area (Å²) >= 11 is 0. The van der Waals surface area contributed by atoms with Crippen LogP contribution in [-0.4, -0.2) is 55.7 Å². The second kappa shape index (κ2) is 10.2.